The summed E-state index contributed by atoms with van der Waals surface area (Å²) in [6.45, 7) is 4.06. The third kappa shape index (κ3) is 7.40. The number of alkyl halides is 3. The molecule has 0 bridgehead atoms. The second-order valence-corrected chi connectivity index (χ2v) is 16.0. The van der Waals surface area contributed by atoms with Crippen molar-refractivity contribution in [1.82, 2.24) is 14.5 Å². The van der Waals surface area contributed by atoms with E-state index in [9.17, 15) is 32.3 Å². The molecule has 5 atom stereocenters. The highest BCUT2D eigenvalue weighted by molar-refractivity contribution is 8.16. The second-order valence-electron chi connectivity index (χ2n) is 13.8. The minimum atomic E-state index is -4.74. The fraction of sp³-hybridized carbons (Fsp3) is 0.421. The Morgan fingerprint density at radius 1 is 1.06 bits per heavy atom. The van der Waals surface area contributed by atoms with Crippen LogP contribution in [-0.4, -0.2) is 64.0 Å². The average molecular weight is 741 g/mol. The Morgan fingerprint density at radius 2 is 1.79 bits per heavy atom. The minimum Gasteiger partial charge on any atom is -0.481 e. The number of carbonyl (C=O) groups is 2. The van der Waals surface area contributed by atoms with Gasteiger partial charge >= 0.3 is 12.1 Å². The maximum Gasteiger partial charge on any atom is 0.416 e. The van der Waals surface area contributed by atoms with Crippen molar-refractivity contribution in [2.75, 3.05) is 42.5 Å². The number of benzene rings is 3. The lowest BCUT2D eigenvalue weighted by molar-refractivity contribution is -0.148. The number of hydrogen-bond acceptors (Lipinski definition) is 6. The van der Waals surface area contributed by atoms with Crippen LogP contribution in [-0.2, 0) is 22.8 Å². The first-order valence-corrected chi connectivity index (χ1v) is 18.6. The number of nitrogens with two attached hydrogens (primary N) is 1. The van der Waals surface area contributed by atoms with Crippen LogP contribution in [0.1, 0.15) is 67.6 Å². The molecule has 1 saturated heterocycles. The smallest absolute Gasteiger partial charge is 0.416 e. The van der Waals surface area contributed by atoms with Crippen LogP contribution in [0.4, 0.5) is 34.9 Å². The van der Waals surface area contributed by atoms with E-state index >= 15 is 0 Å². The molecule has 14 heteroatoms. The Kier molecular flexibility index (Phi) is 10.7. The Bertz CT molecular complexity index is 2010. The molecule has 4 aromatic rings. The Hall–Kier alpha value is -4.43. The number of piperidine rings is 1. The lowest BCUT2D eigenvalue weighted by Gasteiger charge is -2.35. The van der Waals surface area contributed by atoms with Crippen molar-refractivity contribution >= 4 is 56.3 Å². The highest BCUT2D eigenvalue weighted by Gasteiger charge is 2.43. The number of carboxylic acids is 1. The summed E-state index contributed by atoms with van der Waals surface area (Å²) < 4.78 is 57.8. The van der Waals surface area contributed by atoms with E-state index in [0.29, 0.717) is 36.8 Å². The van der Waals surface area contributed by atoms with E-state index in [4.69, 9.17) is 10.7 Å². The van der Waals surface area contributed by atoms with Crippen LogP contribution in [0.3, 0.4) is 0 Å². The highest BCUT2D eigenvalue weighted by Crippen LogP contribution is 2.44. The molecule has 4 N–H and O–H groups in total. The molecule has 1 saturated carbocycles. The second kappa shape index (κ2) is 14.9. The van der Waals surface area contributed by atoms with Gasteiger partial charge in [0.25, 0.3) is 0 Å². The Balaban J connectivity index is 1.24. The van der Waals surface area contributed by atoms with E-state index in [-0.39, 0.29) is 6.42 Å². The van der Waals surface area contributed by atoms with Gasteiger partial charge in [-0.1, -0.05) is 29.2 Å². The topological polar surface area (TPSA) is 117 Å². The molecule has 2 fully saturated rings. The number of likely N-dealkylation sites (N-methyl/N-ethyl adjacent to an activating group) is 1. The number of nitrogen functional groups attached to an aromatic ring is 1. The molecule has 2 aliphatic rings. The maximum atomic E-state index is 14.6. The molecule has 3 aromatic carbocycles. The predicted octanol–water partition coefficient (Wildman–Crippen LogP) is 7.85. The first-order chi connectivity index (χ1) is 24.7. The molecular formula is C38H44F4N6O3S. The number of likely N-dealkylation sites (tertiary alicyclic amines) is 1. The number of imidazole rings is 1. The first-order valence-electron chi connectivity index (χ1n) is 17.4. The van der Waals surface area contributed by atoms with Crippen molar-refractivity contribution in [1.29, 1.82) is 0 Å². The van der Waals surface area contributed by atoms with Crippen LogP contribution in [0.25, 0.3) is 11.0 Å². The summed E-state index contributed by atoms with van der Waals surface area (Å²) in [5.74, 6) is -4.93. The number of halogens is 4. The van der Waals surface area contributed by atoms with Crippen molar-refractivity contribution in [2.45, 2.75) is 61.9 Å². The molecule has 278 valence electrons. The largest absolute Gasteiger partial charge is 0.481 e. The standard InChI is InChI=1S/C38H44F4N6O3S/c1-5-52(26-19-29(23-8-7-17-46(2)21-23)34-32(20-26)45-37(43)47(34)3)48(4)25-14-11-22(12-15-25)27-9-6-10-28(33(27)36(50)51)35(49)44-31-16-13-24(18-30(31)39)38(40,41)42/h5,11-16,18-20,23,27-28,33H,6-10,17,21H2,1-4H3,(H2,43,45)(H,44,49)(H,50,51)/t23-,27-,28-,33-,52?/m1/s1. The van der Waals surface area contributed by atoms with Gasteiger partial charge in [0, 0.05) is 31.2 Å². The SMILES string of the molecule is C/C=S(\c1cc([C@@H]2CCCN(C)C2)c2c(c1)nc(N)n2C)N(C)c1ccc([C@H]2CCC[C@@H](C(=O)Nc3ccc(C(F)(F)F)cc3F)[C@@H]2C(=O)O)cc1. The van der Waals surface area contributed by atoms with Crippen LogP contribution >= 0.6 is 10.7 Å². The zero-order chi connectivity index (χ0) is 37.5. The number of carboxylic acid groups (broad SMARTS) is 1. The number of amides is 1. The monoisotopic (exact) mass is 740 g/mol. The number of rotatable bonds is 8. The summed E-state index contributed by atoms with van der Waals surface area (Å²) in [4.78, 5) is 34.2. The van der Waals surface area contributed by atoms with Crippen LogP contribution in [0.15, 0.2) is 59.5 Å². The summed E-state index contributed by atoms with van der Waals surface area (Å²) in [5.41, 5.74) is 9.52. The number of nitrogens with one attached hydrogen (secondary N) is 1. The normalized spacial score (nSPS) is 22.0. The zero-order valence-electron chi connectivity index (χ0n) is 29.6. The number of fused-ring (bicyclic) bond motifs is 1. The molecule has 1 aliphatic heterocycles. The average Bonchev–Trinajstić information content (AvgIpc) is 3.40. The number of aromatic nitrogens is 2. The molecule has 0 radical (unpaired) electrons. The number of hydrogen-bond donors (Lipinski definition) is 3. The number of carbonyl (C=O) groups excluding carboxylic acids is 1. The van der Waals surface area contributed by atoms with Crippen LogP contribution in [0.5, 0.6) is 0 Å². The highest BCUT2D eigenvalue weighted by atomic mass is 32.2. The maximum absolute atomic E-state index is 14.6. The molecule has 9 nitrogen and oxygen atoms in total. The first kappa shape index (κ1) is 37.3. The third-order valence-electron chi connectivity index (χ3n) is 10.6. The lowest BCUT2D eigenvalue weighted by Crippen LogP contribution is -2.40. The Morgan fingerprint density at radius 3 is 2.42 bits per heavy atom. The molecule has 52 heavy (non-hydrogen) atoms. The summed E-state index contributed by atoms with van der Waals surface area (Å²) in [6, 6.07) is 13.9. The van der Waals surface area contributed by atoms with E-state index in [2.05, 4.69) is 39.1 Å². The number of aliphatic carboxylic acids is 1. The van der Waals surface area contributed by atoms with Gasteiger partial charge < -0.3 is 29.9 Å². The third-order valence-corrected chi connectivity index (χ3v) is 12.6. The van der Waals surface area contributed by atoms with Crippen molar-refractivity contribution in [2.24, 2.45) is 18.9 Å². The summed E-state index contributed by atoms with van der Waals surface area (Å²) in [6.07, 6.45) is -1.20. The fourth-order valence-electron chi connectivity index (χ4n) is 7.96. The zero-order valence-corrected chi connectivity index (χ0v) is 30.4. The molecule has 1 aromatic heterocycles. The molecule has 1 amide bonds. The van der Waals surface area contributed by atoms with Gasteiger partial charge in [0.2, 0.25) is 11.9 Å². The Labute approximate surface area is 302 Å². The van der Waals surface area contributed by atoms with E-state index in [1.165, 1.54) is 5.56 Å². The van der Waals surface area contributed by atoms with Gasteiger partial charge in [0.1, 0.15) is 5.82 Å². The lowest BCUT2D eigenvalue weighted by atomic mass is 9.69. The van der Waals surface area contributed by atoms with Gasteiger partial charge in [0.05, 0.1) is 34.1 Å². The van der Waals surface area contributed by atoms with Crippen LogP contribution in [0, 0.1) is 17.7 Å². The molecular weight excluding hydrogens is 697 g/mol. The summed E-state index contributed by atoms with van der Waals surface area (Å²) in [5, 5.41) is 14.8. The van der Waals surface area contributed by atoms with Gasteiger partial charge in [-0.15, -0.1) is 0 Å². The van der Waals surface area contributed by atoms with Crippen LogP contribution in [0.2, 0.25) is 0 Å². The molecule has 1 unspecified atom stereocenters. The fourth-order valence-corrected chi connectivity index (χ4v) is 9.69. The predicted molar refractivity (Wildman–Crippen MR) is 198 cm³/mol. The quantitative estimate of drug-likeness (QED) is 0.125. The van der Waals surface area contributed by atoms with E-state index < -0.39 is 63.5 Å². The van der Waals surface area contributed by atoms with Crippen molar-refractivity contribution in [3.8, 4) is 0 Å². The van der Waals surface area contributed by atoms with Gasteiger partial charge in [-0.3, -0.25) is 9.59 Å². The van der Waals surface area contributed by atoms with E-state index in [1.54, 1.807) is 0 Å². The van der Waals surface area contributed by atoms with E-state index in [1.807, 2.05) is 49.9 Å². The molecule has 0 spiro atoms. The van der Waals surface area contributed by atoms with Crippen molar-refractivity contribution in [3.05, 3.63) is 77.1 Å². The van der Waals surface area contributed by atoms with Gasteiger partial charge in [-0.05, 0) is 117 Å². The van der Waals surface area contributed by atoms with E-state index in [0.717, 1.165) is 59.2 Å². The molecule has 6 rings (SSSR count). The number of anilines is 3. The number of nitrogens with zero attached hydrogens (tertiary/aromatic N) is 4. The summed E-state index contributed by atoms with van der Waals surface area (Å²) in [7, 11) is 5.65. The molecule has 2 heterocycles. The minimum absolute atomic E-state index is 0.253. The molecule has 1 aliphatic carbocycles. The van der Waals surface area contributed by atoms with Gasteiger partial charge in [0.15, 0.2) is 0 Å². The van der Waals surface area contributed by atoms with Crippen molar-refractivity contribution in [3.63, 3.8) is 0 Å². The van der Waals surface area contributed by atoms with Crippen LogP contribution < -0.4 is 15.4 Å². The van der Waals surface area contributed by atoms with Gasteiger partial charge in [-0.2, -0.15) is 13.2 Å². The van der Waals surface area contributed by atoms with Crippen molar-refractivity contribution < 1.29 is 32.3 Å². The summed E-state index contributed by atoms with van der Waals surface area (Å²) >= 11 is 0. The van der Waals surface area contributed by atoms with Gasteiger partial charge in [-0.25, -0.2) is 9.37 Å². The number of aryl methyl sites for hydroxylation is 1.